The van der Waals surface area contributed by atoms with Gasteiger partial charge >= 0.3 is 0 Å². The number of allylic oxidation sites excluding steroid dienone is 2. The van der Waals surface area contributed by atoms with E-state index in [2.05, 4.69) is 19.9 Å². The third-order valence-electron chi connectivity index (χ3n) is 2.72. The van der Waals surface area contributed by atoms with Crippen LogP contribution in [0, 0.1) is 5.92 Å². The maximum atomic E-state index is 13.2. The van der Waals surface area contributed by atoms with E-state index in [9.17, 15) is 4.39 Å². The van der Waals surface area contributed by atoms with E-state index in [-0.39, 0.29) is 0 Å². The average molecular weight is 170 g/mol. The molecule has 0 aromatic carbocycles. The molecule has 1 aliphatic carbocycles. The molecular formula is C11H19F. The smallest absolute Gasteiger partial charge is 0.104 e. The Kier molecular flexibility index (Phi) is 3.77. The first kappa shape index (κ1) is 9.76. The standard InChI is InChI=1S/C11H19F/c1-3-10-6-4-9(2)5-7-11(12)8-10/h6,9,11H,3-5,7-8H2,1-2H3/b10-6-/t9-,11?/m1/s1. The lowest BCUT2D eigenvalue weighted by atomic mass is 9.91. The lowest BCUT2D eigenvalue weighted by molar-refractivity contribution is 0.282. The summed E-state index contributed by atoms with van der Waals surface area (Å²) < 4.78 is 13.2. The van der Waals surface area contributed by atoms with E-state index in [0.29, 0.717) is 12.3 Å². The second-order valence-corrected chi connectivity index (χ2v) is 3.94. The predicted octanol–water partition coefficient (Wildman–Crippen LogP) is 3.87. The summed E-state index contributed by atoms with van der Waals surface area (Å²) in [5.74, 6) is 0.671. The van der Waals surface area contributed by atoms with Crippen LogP contribution in [0.2, 0.25) is 0 Å². The summed E-state index contributed by atoms with van der Waals surface area (Å²) in [7, 11) is 0. The first-order chi connectivity index (χ1) is 5.72. The Morgan fingerprint density at radius 2 is 2.25 bits per heavy atom. The molecule has 12 heavy (non-hydrogen) atoms. The van der Waals surface area contributed by atoms with Gasteiger partial charge in [0.2, 0.25) is 0 Å². The maximum absolute atomic E-state index is 13.2. The van der Waals surface area contributed by atoms with Gasteiger partial charge in [0.05, 0.1) is 0 Å². The summed E-state index contributed by atoms with van der Waals surface area (Å²) in [6.45, 7) is 4.33. The topological polar surface area (TPSA) is 0 Å². The van der Waals surface area contributed by atoms with Gasteiger partial charge in [0.15, 0.2) is 0 Å². The zero-order chi connectivity index (χ0) is 8.97. The van der Waals surface area contributed by atoms with Crippen LogP contribution in [0.4, 0.5) is 4.39 Å². The predicted molar refractivity (Wildman–Crippen MR) is 50.9 cm³/mol. The van der Waals surface area contributed by atoms with Gasteiger partial charge in [0.25, 0.3) is 0 Å². The average Bonchev–Trinajstić information content (AvgIpc) is 2.06. The van der Waals surface area contributed by atoms with Crippen LogP contribution in [0.15, 0.2) is 11.6 Å². The molecule has 0 aliphatic heterocycles. The van der Waals surface area contributed by atoms with Crippen LogP contribution in [-0.2, 0) is 0 Å². The molecule has 2 atom stereocenters. The van der Waals surface area contributed by atoms with Crippen LogP contribution in [-0.4, -0.2) is 6.17 Å². The summed E-state index contributed by atoms with van der Waals surface area (Å²) in [6.07, 6.45) is 6.33. The van der Waals surface area contributed by atoms with E-state index in [0.717, 1.165) is 25.7 Å². The Bertz CT molecular complexity index is 160. The Hall–Kier alpha value is -0.330. The van der Waals surface area contributed by atoms with Crippen LogP contribution < -0.4 is 0 Å². The minimum Gasteiger partial charge on any atom is -0.247 e. The van der Waals surface area contributed by atoms with Gasteiger partial charge in [0, 0.05) is 0 Å². The molecule has 0 aromatic heterocycles. The second kappa shape index (κ2) is 4.64. The molecule has 0 amide bonds. The molecule has 1 heteroatoms. The molecule has 1 rings (SSSR count). The summed E-state index contributed by atoms with van der Waals surface area (Å²) >= 11 is 0. The molecule has 0 saturated carbocycles. The Morgan fingerprint density at radius 1 is 1.50 bits per heavy atom. The van der Waals surface area contributed by atoms with Crippen LogP contribution >= 0.6 is 0 Å². The van der Waals surface area contributed by atoms with Crippen molar-refractivity contribution in [3.8, 4) is 0 Å². The molecule has 0 bridgehead atoms. The second-order valence-electron chi connectivity index (χ2n) is 3.94. The van der Waals surface area contributed by atoms with Crippen LogP contribution in [0.3, 0.4) is 0 Å². The molecule has 1 aliphatic rings. The van der Waals surface area contributed by atoms with Crippen molar-refractivity contribution in [1.29, 1.82) is 0 Å². The Morgan fingerprint density at radius 3 is 2.92 bits per heavy atom. The molecule has 0 fully saturated rings. The van der Waals surface area contributed by atoms with Crippen LogP contribution in [0.25, 0.3) is 0 Å². The Balaban J connectivity index is 2.55. The van der Waals surface area contributed by atoms with E-state index in [1.165, 1.54) is 5.57 Å². The first-order valence-corrected chi connectivity index (χ1v) is 5.04. The SMILES string of the molecule is CC/C1=C/C[C@@H](C)CCC(F)C1. The fourth-order valence-electron chi connectivity index (χ4n) is 1.71. The number of rotatable bonds is 1. The van der Waals surface area contributed by atoms with Gasteiger partial charge in [-0.3, -0.25) is 0 Å². The minimum atomic E-state index is -0.584. The quantitative estimate of drug-likeness (QED) is 0.524. The van der Waals surface area contributed by atoms with E-state index in [4.69, 9.17) is 0 Å². The molecule has 0 N–H and O–H groups in total. The molecule has 0 saturated heterocycles. The van der Waals surface area contributed by atoms with Gasteiger partial charge in [-0.25, -0.2) is 4.39 Å². The number of halogens is 1. The van der Waals surface area contributed by atoms with Crippen molar-refractivity contribution in [3.63, 3.8) is 0 Å². The molecule has 1 unspecified atom stereocenters. The third kappa shape index (κ3) is 2.96. The van der Waals surface area contributed by atoms with Crippen molar-refractivity contribution in [1.82, 2.24) is 0 Å². The van der Waals surface area contributed by atoms with Gasteiger partial charge in [0.1, 0.15) is 6.17 Å². The normalized spacial score (nSPS) is 36.4. The van der Waals surface area contributed by atoms with Gasteiger partial charge in [-0.2, -0.15) is 0 Å². The van der Waals surface area contributed by atoms with Crippen molar-refractivity contribution in [2.75, 3.05) is 0 Å². The maximum Gasteiger partial charge on any atom is 0.104 e. The highest BCUT2D eigenvalue weighted by molar-refractivity contribution is 5.04. The molecule has 0 nitrogen and oxygen atoms in total. The van der Waals surface area contributed by atoms with E-state index in [1.54, 1.807) is 0 Å². The number of alkyl halides is 1. The van der Waals surface area contributed by atoms with E-state index < -0.39 is 6.17 Å². The van der Waals surface area contributed by atoms with Crippen molar-refractivity contribution in [3.05, 3.63) is 11.6 Å². The van der Waals surface area contributed by atoms with E-state index in [1.807, 2.05) is 0 Å². The fraction of sp³-hybridized carbons (Fsp3) is 0.818. The highest BCUT2D eigenvalue weighted by Gasteiger charge is 2.13. The van der Waals surface area contributed by atoms with Crippen molar-refractivity contribution < 1.29 is 4.39 Å². The zero-order valence-electron chi connectivity index (χ0n) is 8.15. The fourth-order valence-corrected chi connectivity index (χ4v) is 1.71. The number of hydrogen-bond donors (Lipinski definition) is 0. The van der Waals surface area contributed by atoms with Gasteiger partial charge < -0.3 is 0 Å². The van der Waals surface area contributed by atoms with E-state index >= 15 is 0 Å². The molecule has 0 aromatic rings. The lowest BCUT2D eigenvalue weighted by Crippen LogP contribution is -2.08. The molecular weight excluding hydrogens is 151 g/mol. The zero-order valence-corrected chi connectivity index (χ0v) is 8.15. The monoisotopic (exact) mass is 170 g/mol. The first-order valence-electron chi connectivity index (χ1n) is 5.04. The Labute approximate surface area is 74.9 Å². The summed E-state index contributed by atoms with van der Waals surface area (Å²) in [5, 5.41) is 0. The van der Waals surface area contributed by atoms with Crippen LogP contribution in [0.1, 0.15) is 46.0 Å². The molecule has 0 heterocycles. The lowest BCUT2D eigenvalue weighted by Gasteiger charge is -2.17. The third-order valence-corrected chi connectivity index (χ3v) is 2.72. The highest BCUT2D eigenvalue weighted by atomic mass is 19.1. The largest absolute Gasteiger partial charge is 0.247 e. The summed E-state index contributed by atoms with van der Waals surface area (Å²) in [5.41, 5.74) is 1.31. The van der Waals surface area contributed by atoms with Gasteiger partial charge in [-0.05, 0) is 38.0 Å². The highest BCUT2D eigenvalue weighted by Crippen LogP contribution is 2.24. The number of hydrogen-bond acceptors (Lipinski definition) is 0. The van der Waals surface area contributed by atoms with Crippen molar-refractivity contribution >= 4 is 0 Å². The summed E-state index contributed by atoms with van der Waals surface area (Å²) in [4.78, 5) is 0. The molecule has 0 spiro atoms. The summed E-state index contributed by atoms with van der Waals surface area (Å²) in [6, 6.07) is 0. The minimum absolute atomic E-state index is 0.584. The van der Waals surface area contributed by atoms with Gasteiger partial charge in [-0.1, -0.05) is 25.5 Å². The molecule has 0 radical (unpaired) electrons. The van der Waals surface area contributed by atoms with Crippen molar-refractivity contribution in [2.45, 2.75) is 52.1 Å². The van der Waals surface area contributed by atoms with Crippen LogP contribution in [0.5, 0.6) is 0 Å². The van der Waals surface area contributed by atoms with Gasteiger partial charge in [-0.15, -0.1) is 0 Å². The molecule has 70 valence electrons. The van der Waals surface area contributed by atoms with Crippen molar-refractivity contribution in [2.24, 2.45) is 5.92 Å².